The van der Waals surface area contributed by atoms with Crippen LogP contribution in [0, 0.1) is 13.8 Å². The molecule has 0 bridgehead atoms. The molecule has 0 unspecified atom stereocenters. The normalized spacial score (nSPS) is 14.2. The van der Waals surface area contributed by atoms with Crippen molar-refractivity contribution in [2.75, 3.05) is 6.61 Å². The van der Waals surface area contributed by atoms with Crippen LogP contribution in [0.15, 0.2) is 39.8 Å². The van der Waals surface area contributed by atoms with Crippen molar-refractivity contribution < 1.29 is 27.2 Å². The number of Topliss-reactive ketones (excluding diaryl/α,β-unsaturated/α-hetero) is 1. The van der Waals surface area contributed by atoms with Gasteiger partial charge in [0.2, 0.25) is 16.6 Å². The van der Waals surface area contributed by atoms with E-state index in [1.807, 2.05) is 19.1 Å². The maximum atomic E-state index is 12.2. The Bertz CT molecular complexity index is 956. The third-order valence-corrected chi connectivity index (χ3v) is 5.37. The molecule has 0 radical (unpaired) electrons. The summed E-state index contributed by atoms with van der Waals surface area (Å²) >= 11 is 0. The standard InChI is InChI=1S/C18H19NO6S/c1-11-3-4-12(2)14(9-11)15(20)10-24-18(21)16-7-8-17(25-16)26(22,23)19-13-5-6-13/h3-4,7-9,13,19H,5-6,10H2,1-2H3. The lowest BCUT2D eigenvalue weighted by molar-refractivity contribution is 0.0438. The van der Waals surface area contributed by atoms with Crippen molar-refractivity contribution in [3.8, 4) is 0 Å². The van der Waals surface area contributed by atoms with Gasteiger partial charge < -0.3 is 9.15 Å². The highest BCUT2D eigenvalue weighted by atomic mass is 32.2. The molecule has 1 aliphatic rings. The van der Waals surface area contributed by atoms with Gasteiger partial charge in [-0.15, -0.1) is 0 Å². The number of hydrogen-bond donors (Lipinski definition) is 1. The van der Waals surface area contributed by atoms with Crippen molar-refractivity contribution in [3.05, 3.63) is 52.8 Å². The van der Waals surface area contributed by atoms with Crippen LogP contribution < -0.4 is 4.72 Å². The number of rotatable bonds is 7. The van der Waals surface area contributed by atoms with Crippen LogP contribution in [0.2, 0.25) is 0 Å². The van der Waals surface area contributed by atoms with Crippen molar-refractivity contribution in [1.29, 1.82) is 0 Å². The Morgan fingerprint density at radius 3 is 2.62 bits per heavy atom. The molecule has 1 aromatic carbocycles. The smallest absolute Gasteiger partial charge is 0.374 e. The first-order valence-corrected chi connectivity index (χ1v) is 9.64. The molecular formula is C18H19NO6S. The number of ether oxygens (including phenoxy) is 1. The van der Waals surface area contributed by atoms with Gasteiger partial charge in [-0.1, -0.05) is 17.7 Å². The highest BCUT2D eigenvalue weighted by molar-refractivity contribution is 7.89. The van der Waals surface area contributed by atoms with E-state index in [-0.39, 0.29) is 22.7 Å². The van der Waals surface area contributed by atoms with Gasteiger partial charge in [-0.25, -0.2) is 17.9 Å². The zero-order valence-electron chi connectivity index (χ0n) is 14.4. The highest BCUT2D eigenvalue weighted by Crippen LogP contribution is 2.23. The van der Waals surface area contributed by atoms with E-state index in [1.54, 1.807) is 13.0 Å². The molecule has 0 amide bonds. The van der Waals surface area contributed by atoms with Crippen molar-refractivity contribution in [1.82, 2.24) is 4.72 Å². The first-order chi connectivity index (χ1) is 12.3. The van der Waals surface area contributed by atoms with E-state index in [1.165, 1.54) is 12.1 Å². The topological polar surface area (TPSA) is 103 Å². The van der Waals surface area contributed by atoms with Gasteiger partial charge in [0, 0.05) is 11.6 Å². The Hall–Kier alpha value is -2.45. The Morgan fingerprint density at radius 1 is 1.19 bits per heavy atom. The van der Waals surface area contributed by atoms with E-state index >= 15 is 0 Å². The molecule has 8 heteroatoms. The van der Waals surface area contributed by atoms with Crippen LogP contribution in [0.3, 0.4) is 0 Å². The molecule has 0 atom stereocenters. The Morgan fingerprint density at radius 2 is 1.92 bits per heavy atom. The van der Waals surface area contributed by atoms with Gasteiger partial charge in [-0.2, -0.15) is 0 Å². The summed E-state index contributed by atoms with van der Waals surface area (Å²) in [7, 11) is -3.79. The minimum atomic E-state index is -3.79. The van der Waals surface area contributed by atoms with Gasteiger partial charge in [0.05, 0.1) is 0 Å². The third-order valence-electron chi connectivity index (χ3n) is 3.97. The molecule has 0 spiro atoms. The number of aryl methyl sites for hydroxylation is 2. The van der Waals surface area contributed by atoms with Crippen LogP contribution in [0.4, 0.5) is 0 Å². The molecule has 1 N–H and O–H groups in total. The Labute approximate surface area is 151 Å². The minimum Gasteiger partial charge on any atom is -0.451 e. The van der Waals surface area contributed by atoms with Gasteiger partial charge in [0.25, 0.3) is 10.0 Å². The summed E-state index contributed by atoms with van der Waals surface area (Å²) in [5.41, 5.74) is 2.19. The second kappa shape index (κ2) is 7.05. The predicted molar refractivity (Wildman–Crippen MR) is 92.6 cm³/mol. The number of carbonyl (C=O) groups excluding carboxylic acids is 2. The van der Waals surface area contributed by atoms with Crippen molar-refractivity contribution in [3.63, 3.8) is 0 Å². The van der Waals surface area contributed by atoms with Crippen LogP contribution in [0.25, 0.3) is 0 Å². The maximum Gasteiger partial charge on any atom is 0.374 e. The minimum absolute atomic E-state index is 0.0734. The molecule has 0 saturated heterocycles. The second-order valence-corrected chi connectivity index (χ2v) is 7.98. The van der Waals surface area contributed by atoms with E-state index in [2.05, 4.69) is 4.72 Å². The third kappa shape index (κ3) is 4.20. The van der Waals surface area contributed by atoms with Crippen LogP contribution in [0.1, 0.15) is 44.9 Å². The fraction of sp³-hybridized carbons (Fsp3) is 0.333. The number of furan rings is 1. The molecule has 2 aromatic rings. The molecular weight excluding hydrogens is 358 g/mol. The molecule has 1 fully saturated rings. The maximum absolute atomic E-state index is 12.2. The number of hydrogen-bond acceptors (Lipinski definition) is 6. The van der Waals surface area contributed by atoms with Gasteiger partial charge in [0.15, 0.2) is 6.61 Å². The molecule has 1 saturated carbocycles. The lowest BCUT2D eigenvalue weighted by Gasteiger charge is -2.07. The molecule has 0 aliphatic heterocycles. The van der Waals surface area contributed by atoms with Gasteiger partial charge in [0.1, 0.15) is 0 Å². The molecule has 1 aliphatic carbocycles. The van der Waals surface area contributed by atoms with E-state index in [4.69, 9.17) is 9.15 Å². The average molecular weight is 377 g/mol. The van der Waals surface area contributed by atoms with Crippen LogP contribution in [0.5, 0.6) is 0 Å². The SMILES string of the molecule is Cc1ccc(C)c(C(=O)COC(=O)c2ccc(S(=O)(=O)NC3CC3)o2)c1. The zero-order chi connectivity index (χ0) is 18.9. The molecule has 138 valence electrons. The van der Waals surface area contributed by atoms with Crippen LogP contribution >= 0.6 is 0 Å². The van der Waals surface area contributed by atoms with Gasteiger partial charge in [-0.3, -0.25) is 4.79 Å². The molecule has 1 heterocycles. The Kier molecular flexibility index (Phi) is 4.97. The average Bonchev–Trinajstić information content (AvgIpc) is 3.23. The fourth-order valence-corrected chi connectivity index (χ4v) is 3.61. The summed E-state index contributed by atoms with van der Waals surface area (Å²) in [5, 5.41) is -0.350. The van der Waals surface area contributed by atoms with E-state index in [0.29, 0.717) is 5.56 Å². The predicted octanol–water partition coefficient (Wildman–Crippen LogP) is 2.38. The summed E-state index contributed by atoms with van der Waals surface area (Å²) in [4.78, 5) is 24.3. The number of ketones is 1. The Balaban J connectivity index is 1.63. The molecule has 7 nitrogen and oxygen atoms in total. The molecule has 26 heavy (non-hydrogen) atoms. The summed E-state index contributed by atoms with van der Waals surface area (Å²) in [5.74, 6) is -1.50. The number of nitrogens with one attached hydrogen (secondary N) is 1. The number of esters is 1. The van der Waals surface area contributed by atoms with E-state index in [9.17, 15) is 18.0 Å². The zero-order valence-corrected chi connectivity index (χ0v) is 15.3. The first-order valence-electron chi connectivity index (χ1n) is 8.16. The number of sulfonamides is 1. The van der Waals surface area contributed by atoms with E-state index in [0.717, 1.165) is 24.0 Å². The van der Waals surface area contributed by atoms with Gasteiger partial charge >= 0.3 is 5.97 Å². The lowest BCUT2D eigenvalue weighted by atomic mass is 10.0. The number of benzene rings is 1. The molecule has 1 aromatic heterocycles. The summed E-state index contributed by atoms with van der Waals surface area (Å²) in [6, 6.07) is 7.77. The lowest BCUT2D eigenvalue weighted by Crippen LogP contribution is -2.25. The fourth-order valence-electron chi connectivity index (χ4n) is 2.37. The first kappa shape index (κ1) is 18.3. The van der Waals surface area contributed by atoms with Crippen molar-refractivity contribution in [2.45, 2.75) is 37.8 Å². The quantitative estimate of drug-likeness (QED) is 0.587. The highest BCUT2D eigenvalue weighted by Gasteiger charge is 2.30. The van der Waals surface area contributed by atoms with E-state index < -0.39 is 22.6 Å². The van der Waals surface area contributed by atoms with Crippen LogP contribution in [-0.4, -0.2) is 32.8 Å². The van der Waals surface area contributed by atoms with Crippen molar-refractivity contribution >= 4 is 21.8 Å². The molecule has 3 rings (SSSR count). The van der Waals surface area contributed by atoms with Gasteiger partial charge in [-0.05, 0) is 50.5 Å². The number of carbonyl (C=O) groups is 2. The largest absolute Gasteiger partial charge is 0.451 e. The monoisotopic (exact) mass is 377 g/mol. The van der Waals surface area contributed by atoms with Crippen molar-refractivity contribution in [2.24, 2.45) is 0 Å². The van der Waals surface area contributed by atoms with Crippen LogP contribution in [-0.2, 0) is 14.8 Å². The summed E-state index contributed by atoms with van der Waals surface area (Å²) < 4.78 is 36.6. The summed E-state index contributed by atoms with van der Waals surface area (Å²) in [6.45, 7) is 3.21. The summed E-state index contributed by atoms with van der Waals surface area (Å²) in [6.07, 6.45) is 1.57. The second-order valence-electron chi connectivity index (χ2n) is 6.33.